The number of carbonyl (C=O) groups excluding carboxylic acids is 3. The highest BCUT2D eigenvalue weighted by Crippen LogP contribution is 2.35. The number of rotatable bonds is 10. The summed E-state index contributed by atoms with van der Waals surface area (Å²) in [6.07, 6.45) is 5.34. The number of hydrogen-bond acceptors (Lipinski definition) is 9. The van der Waals surface area contributed by atoms with Gasteiger partial charge in [0.15, 0.2) is 0 Å². The molecule has 3 heterocycles. The summed E-state index contributed by atoms with van der Waals surface area (Å²) in [5, 5.41) is 11.2. The maximum Gasteiger partial charge on any atom is 0.329 e. The summed E-state index contributed by atoms with van der Waals surface area (Å²) in [4.78, 5) is 45.0. The van der Waals surface area contributed by atoms with Gasteiger partial charge in [-0.15, -0.1) is 0 Å². The molecule has 1 amide bonds. The van der Waals surface area contributed by atoms with Crippen LogP contribution in [0, 0.1) is 5.92 Å². The van der Waals surface area contributed by atoms with Crippen LogP contribution in [0.2, 0.25) is 0 Å². The number of pyridine rings is 1. The van der Waals surface area contributed by atoms with E-state index in [-0.39, 0.29) is 19.3 Å². The lowest BCUT2D eigenvalue weighted by molar-refractivity contribution is -0.291. The van der Waals surface area contributed by atoms with Gasteiger partial charge in [0, 0.05) is 39.1 Å². The number of ketones is 1. The van der Waals surface area contributed by atoms with Crippen LogP contribution in [0.1, 0.15) is 51.5 Å². The average molecular weight is 507 g/mol. The van der Waals surface area contributed by atoms with Gasteiger partial charge in [0.05, 0.1) is 18.8 Å². The molecule has 1 aromatic heterocycles. The van der Waals surface area contributed by atoms with Gasteiger partial charge in [0.25, 0.3) is 11.7 Å². The molecule has 2 fully saturated rings. The van der Waals surface area contributed by atoms with Crippen LogP contribution >= 0.6 is 0 Å². The summed E-state index contributed by atoms with van der Waals surface area (Å²) >= 11 is 0. The van der Waals surface area contributed by atoms with Gasteiger partial charge in [-0.1, -0.05) is 13.0 Å². The summed E-state index contributed by atoms with van der Waals surface area (Å²) in [6.45, 7) is 3.74. The maximum atomic E-state index is 13.3. The number of hydrogen-bond donors (Lipinski definition) is 1. The lowest BCUT2D eigenvalue weighted by Crippen LogP contribution is -2.63. The summed E-state index contributed by atoms with van der Waals surface area (Å²) in [6, 6.07) is 2.92. The lowest BCUT2D eigenvalue weighted by atomic mass is 9.85. The molecule has 200 valence electrons. The van der Waals surface area contributed by atoms with Crippen molar-refractivity contribution in [3.8, 4) is 0 Å². The molecule has 2 aliphatic heterocycles. The molecular weight excluding hydrogens is 468 g/mol. The van der Waals surface area contributed by atoms with Crippen molar-refractivity contribution in [1.82, 2.24) is 9.88 Å². The van der Waals surface area contributed by atoms with Gasteiger partial charge >= 0.3 is 5.97 Å². The Morgan fingerprint density at radius 3 is 2.75 bits per heavy atom. The van der Waals surface area contributed by atoms with E-state index in [4.69, 9.17) is 18.9 Å². The lowest BCUT2D eigenvalue weighted by Gasteiger charge is -2.44. The van der Waals surface area contributed by atoms with Crippen LogP contribution in [0.5, 0.6) is 0 Å². The largest absolute Gasteiger partial charge is 0.461 e. The first-order valence-corrected chi connectivity index (χ1v) is 12.6. The van der Waals surface area contributed by atoms with Gasteiger partial charge in [0.1, 0.15) is 12.1 Å². The fraction of sp³-hybridized carbons (Fsp3) is 0.692. The second kappa shape index (κ2) is 12.7. The van der Waals surface area contributed by atoms with Crippen molar-refractivity contribution in [2.24, 2.45) is 5.92 Å². The number of aliphatic hydroxyl groups is 1. The van der Waals surface area contributed by atoms with Crippen LogP contribution in [0.25, 0.3) is 0 Å². The minimum atomic E-state index is -2.34. The first-order valence-electron chi connectivity index (χ1n) is 12.6. The van der Waals surface area contributed by atoms with Crippen molar-refractivity contribution in [2.45, 2.75) is 82.5 Å². The van der Waals surface area contributed by atoms with Crippen molar-refractivity contribution in [1.29, 1.82) is 0 Å². The van der Waals surface area contributed by atoms with Crippen LogP contribution in [-0.4, -0.2) is 90.2 Å². The number of methoxy groups -OCH3 is 2. The topological polar surface area (TPSA) is 124 Å². The molecule has 0 radical (unpaired) electrons. The monoisotopic (exact) mass is 506 g/mol. The average Bonchev–Trinajstić information content (AvgIpc) is 2.89. The zero-order valence-corrected chi connectivity index (χ0v) is 21.6. The third-order valence-electron chi connectivity index (χ3n) is 7.07. The van der Waals surface area contributed by atoms with Crippen molar-refractivity contribution < 1.29 is 38.4 Å². The minimum absolute atomic E-state index is 0.0879. The first kappa shape index (κ1) is 28.2. The molecule has 0 aliphatic carbocycles. The summed E-state index contributed by atoms with van der Waals surface area (Å²) in [5.74, 6) is -5.61. The molecule has 0 aromatic carbocycles. The molecule has 4 unspecified atom stereocenters. The molecule has 6 atom stereocenters. The number of ether oxygens (including phenoxy) is 4. The Morgan fingerprint density at radius 2 is 2.08 bits per heavy atom. The summed E-state index contributed by atoms with van der Waals surface area (Å²) in [5.41, 5.74) is 1.04. The normalized spacial score (nSPS) is 29.4. The van der Waals surface area contributed by atoms with Crippen molar-refractivity contribution in [2.75, 3.05) is 27.4 Å². The molecule has 0 saturated carbocycles. The van der Waals surface area contributed by atoms with E-state index < -0.39 is 47.6 Å². The van der Waals surface area contributed by atoms with Crippen molar-refractivity contribution in [3.05, 3.63) is 30.1 Å². The fourth-order valence-corrected chi connectivity index (χ4v) is 4.87. The first-order chi connectivity index (χ1) is 17.2. The molecule has 0 bridgehead atoms. The Kier molecular flexibility index (Phi) is 9.95. The number of aryl methyl sites for hydroxylation is 1. The van der Waals surface area contributed by atoms with Gasteiger partial charge in [-0.05, 0) is 57.1 Å². The molecule has 2 aliphatic rings. The van der Waals surface area contributed by atoms with Gasteiger partial charge in [-0.2, -0.15) is 0 Å². The van der Waals surface area contributed by atoms with Crippen molar-refractivity contribution in [3.63, 3.8) is 0 Å². The Hall–Kier alpha value is -2.40. The van der Waals surface area contributed by atoms with E-state index in [1.54, 1.807) is 26.2 Å². The van der Waals surface area contributed by atoms with E-state index in [1.807, 2.05) is 12.1 Å². The highest BCUT2D eigenvalue weighted by atomic mass is 16.7. The Bertz CT molecular complexity index is 897. The minimum Gasteiger partial charge on any atom is -0.461 e. The number of esters is 1. The number of likely N-dealkylation sites (tertiary alicyclic amines) is 1. The molecular formula is C26H38N2O8. The van der Waals surface area contributed by atoms with Crippen molar-refractivity contribution >= 4 is 17.7 Å². The Balaban J connectivity index is 1.66. The van der Waals surface area contributed by atoms with E-state index in [0.717, 1.165) is 12.0 Å². The van der Waals surface area contributed by atoms with E-state index in [9.17, 15) is 19.5 Å². The zero-order chi connectivity index (χ0) is 26.3. The number of nitrogens with zero attached hydrogens (tertiary/aromatic N) is 2. The SMILES string of the molecule is COCC1OC(O)(C(=O)C(=O)N2CCCC[C@H]2C(=O)OC(C)CCc2cccnc2)[C@H](C)CC1OC. The van der Waals surface area contributed by atoms with Crippen LogP contribution in [0.4, 0.5) is 0 Å². The standard InChI is InChI=1S/C26H38N2O8/c1-17-14-21(34-4)22(16-33-3)36-26(17,32)23(29)24(30)28-13-6-5-9-20(28)25(31)35-18(2)10-11-19-8-7-12-27-15-19/h7-8,12,15,17-18,20-22,32H,5-6,9-11,13-14,16H2,1-4H3/t17-,18?,20+,21?,22?,26?/m1/s1. The quantitative estimate of drug-likeness (QED) is 0.373. The van der Waals surface area contributed by atoms with Gasteiger partial charge in [0.2, 0.25) is 5.79 Å². The number of aromatic nitrogens is 1. The second-order valence-corrected chi connectivity index (χ2v) is 9.71. The molecule has 0 spiro atoms. The number of amides is 1. The molecule has 1 aromatic rings. The molecule has 1 N–H and O–H groups in total. The Labute approximate surface area is 212 Å². The maximum absolute atomic E-state index is 13.3. The van der Waals surface area contributed by atoms with Crippen LogP contribution < -0.4 is 0 Å². The third kappa shape index (κ3) is 6.47. The van der Waals surface area contributed by atoms with Gasteiger partial charge < -0.3 is 29.0 Å². The molecule has 10 nitrogen and oxygen atoms in total. The van der Waals surface area contributed by atoms with E-state index >= 15 is 0 Å². The molecule has 36 heavy (non-hydrogen) atoms. The van der Waals surface area contributed by atoms with Gasteiger partial charge in [-0.3, -0.25) is 14.6 Å². The fourth-order valence-electron chi connectivity index (χ4n) is 4.87. The van der Waals surface area contributed by atoms with Crippen LogP contribution in [0.15, 0.2) is 24.5 Å². The van der Waals surface area contributed by atoms with Gasteiger partial charge in [-0.25, -0.2) is 4.79 Å². The smallest absolute Gasteiger partial charge is 0.329 e. The zero-order valence-electron chi connectivity index (χ0n) is 21.6. The van der Waals surface area contributed by atoms with E-state index in [1.165, 1.54) is 19.1 Å². The second-order valence-electron chi connectivity index (χ2n) is 9.71. The predicted molar refractivity (Wildman–Crippen MR) is 129 cm³/mol. The molecule has 3 rings (SSSR count). The summed E-state index contributed by atoms with van der Waals surface area (Å²) in [7, 11) is 2.99. The number of carbonyl (C=O) groups is 3. The van der Waals surface area contributed by atoms with E-state index in [2.05, 4.69) is 4.98 Å². The number of Topliss-reactive ketones (excluding diaryl/α,β-unsaturated/α-hetero) is 1. The van der Waals surface area contributed by atoms with E-state index in [0.29, 0.717) is 32.1 Å². The summed E-state index contributed by atoms with van der Waals surface area (Å²) < 4.78 is 21.9. The third-order valence-corrected chi connectivity index (χ3v) is 7.07. The van der Waals surface area contributed by atoms with Crippen LogP contribution in [-0.2, 0) is 39.8 Å². The van der Waals surface area contributed by atoms with Crippen LogP contribution in [0.3, 0.4) is 0 Å². The predicted octanol–water partition coefficient (Wildman–Crippen LogP) is 1.67. The Morgan fingerprint density at radius 1 is 1.31 bits per heavy atom. The molecule has 10 heteroatoms. The number of piperidine rings is 1. The molecule has 2 saturated heterocycles. The highest BCUT2D eigenvalue weighted by molar-refractivity contribution is 6.39. The highest BCUT2D eigenvalue weighted by Gasteiger charge is 2.55.